The molecule has 0 spiro atoms. The minimum atomic E-state index is -1.63. The van der Waals surface area contributed by atoms with Gasteiger partial charge in [0.15, 0.2) is 0 Å². The van der Waals surface area contributed by atoms with Gasteiger partial charge in [-0.25, -0.2) is 0 Å². The topological polar surface area (TPSA) is 238 Å². The van der Waals surface area contributed by atoms with Gasteiger partial charge in [0, 0.05) is 0 Å². The van der Waals surface area contributed by atoms with Crippen LogP contribution in [0.5, 0.6) is 0 Å². The smallest absolute Gasteiger partial charge is 0.322 e. The first-order chi connectivity index (χ1) is 32.4. The third-order valence-corrected chi connectivity index (χ3v) is 11.0. The number of amides is 6. The molecule has 9 N–H and O–H groups in total. The minimum absolute atomic E-state index is 0.536. The largest absolute Gasteiger partial charge is 0.480 e. The van der Waals surface area contributed by atoms with Crippen LogP contribution in [0.1, 0.15) is 46.2 Å². The highest BCUT2D eigenvalue weighted by Crippen LogP contribution is 2.38. The maximum atomic E-state index is 14.5. The average molecular weight is 902 g/mol. The van der Waals surface area contributed by atoms with E-state index >= 15 is 0 Å². The van der Waals surface area contributed by atoms with Crippen molar-refractivity contribution in [1.29, 1.82) is 0 Å². The lowest BCUT2D eigenvalue weighted by molar-refractivity contribution is -0.137. The third-order valence-electron chi connectivity index (χ3n) is 11.0. The van der Waals surface area contributed by atoms with Gasteiger partial charge < -0.3 is 42.7 Å². The summed E-state index contributed by atoms with van der Waals surface area (Å²) in [6.07, 6.45) is -1.19. The van der Waals surface area contributed by atoms with Crippen LogP contribution in [0.25, 0.3) is 0 Å². The summed E-state index contributed by atoms with van der Waals surface area (Å²) in [6.45, 7) is -1.93. The van der Waals surface area contributed by atoms with Crippen LogP contribution in [0.2, 0.25) is 0 Å². The summed E-state index contributed by atoms with van der Waals surface area (Å²) in [4.78, 5) is 92.2. The summed E-state index contributed by atoms with van der Waals surface area (Å²) in [7, 11) is 0. The first-order valence-electron chi connectivity index (χ1n) is 21.5. The van der Waals surface area contributed by atoms with E-state index in [0.717, 1.165) is 16.7 Å². The van der Waals surface area contributed by atoms with Gasteiger partial charge in [-0.2, -0.15) is 0 Å². The summed E-state index contributed by atoms with van der Waals surface area (Å²) >= 11 is 0. The van der Waals surface area contributed by atoms with E-state index in [0.29, 0.717) is 16.7 Å². The Labute approximate surface area is 387 Å². The fourth-order valence-corrected chi connectivity index (χ4v) is 7.82. The lowest BCUT2D eigenvalue weighted by Crippen LogP contribution is -2.56. The predicted octanol–water partition coefficient (Wildman–Crippen LogP) is 3.23. The van der Waals surface area contributed by atoms with Crippen molar-refractivity contribution >= 4 is 41.4 Å². The molecule has 0 aromatic heterocycles. The highest BCUT2D eigenvalue weighted by Gasteiger charge is 2.41. The van der Waals surface area contributed by atoms with Gasteiger partial charge in [-0.15, -0.1) is 0 Å². The molecule has 0 aliphatic carbocycles. The molecule has 6 rings (SSSR count). The third kappa shape index (κ3) is 12.2. The molecule has 67 heavy (non-hydrogen) atoms. The van der Waals surface area contributed by atoms with Crippen LogP contribution in [-0.4, -0.2) is 78.2 Å². The van der Waals surface area contributed by atoms with Gasteiger partial charge in [0.1, 0.15) is 23.7 Å². The van der Waals surface area contributed by atoms with E-state index < -0.39 is 97.0 Å². The Morgan fingerprint density at radius 2 is 0.701 bits per heavy atom. The molecule has 6 aromatic rings. The number of carbonyl (C=O) groups is 7. The maximum Gasteiger partial charge on any atom is 0.322 e. The number of hydrogen-bond donors (Lipinski definition) is 8. The Bertz CT molecular complexity index is 2430. The molecular formula is C52H51N7O8. The number of aliphatic carboxylic acids is 1. The molecule has 0 bridgehead atoms. The Morgan fingerprint density at radius 1 is 0.403 bits per heavy atom. The molecule has 2 atom stereocenters. The molecule has 0 radical (unpaired) electrons. The van der Waals surface area contributed by atoms with E-state index in [-0.39, 0.29) is 0 Å². The van der Waals surface area contributed by atoms with E-state index in [9.17, 15) is 33.6 Å². The molecule has 6 amide bonds. The molecule has 0 heterocycles. The van der Waals surface area contributed by atoms with Crippen LogP contribution in [0.4, 0.5) is 0 Å². The Balaban J connectivity index is 1.26. The van der Waals surface area contributed by atoms with Gasteiger partial charge in [-0.05, 0) is 33.4 Å². The van der Waals surface area contributed by atoms with Crippen LogP contribution in [0.3, 0.4) is 0 Å². The van der Waals surface area contributed by atoms with E-state index in [2.05, 4.69) is 31.9 Å². The highest BCUT2D eigenvalue weighted by molar-refractivity contribution is 5.97. The van der Waals surface area contributed by atoms with Crippen molar-refractivity contribution in [2.24, 2.45) is 5.73 Å². The summed E-state index contributed by atoms with van der Waals surface area (Å²) < 4.78 is 0. The first kappa shape index (κ1) is 48.0. The zero-order valence-electron chi connectivity index (χ0n) is 36.4. The first-order valence-corrected chi connectivity index (χ1v) is 21.5. The van der Waals surface area contributed by atoms with Crippen LogP contribution in [-0.2, 0) is 44.6 Å². The number of benzene rings is 6. The SMILES string of the molecule is N[C@H](CC(=O)NC(c1ccccc1)(c1ccccc1)c1ccccc1)C(=O)N[C@H](CC(=O)NC(c1ccccc1)(c1ccccc1)c1ccccc1)C(=O)NCC(=O)NCC(=O)NCC(=O)O. The van der Waals surface area contributed by atoms with Gasteiger partial charge in [0.05, 0.1) is 32.0 Å². The van der Waals surface area contributed by atoms with Crippen molar-refractivity contribution in [2.45, 2.75) is 36.0 Å². The number of carboxylic acids is 1. The van der Waals surface area contributed by atoms with Crippen molar-refractivity contribution in [3.63, 3.8) is 0 Å². The summed E-state index contributed by atoms with van der Waals surface area (Å²) in [5.74, 6) is -6.05. The van der Waals surface area contributed by atoms with Crippen molar-refractivity contribution in [3.05, 3.63) is 215 Å². The predicted molar refractivity (Wildman–Crippen MR) is 251 cm³/mol. The molecule has 15 nitrogen and oxygen atoms in total. The maximum absolute atomic E-state index is 14.5. The van der Waals surface area contributed by atoms with Crippen LogP contribution in [0, 0.1) is 0 Å². The van der Waals surface area contributed by atoms with E-state index in [1.807, 2.05) is 182 Å². The van der Waals surface area contributed by atoms with Gasteiger partial charge in [-0.3, -0.25) is 33.6 Å². The Kier molecular flexibility index (Phi) is 16.5. The van der Waals surface area contributed by atoms with Gasteiger partial charge in [-0.1, -0.05) is 182 Å². The van der Waals surface area contributed by atoms with Gasteiger partial charge in [0.2, 0.25) is 35.4 Å². The van der Waals surface area contributed by atoms with Gasteiger partial charge >= 0.3 is 5.97 Å². The molecular weight excluding hydrogens is 851 g/mol. The zero-order valence-corrected chi connectivity index (χ0v) is 36.4. The molecule has 342 valence electrons. The second-order valence-corrected chi connectivity index (χ2v) is 15.5. The van der Waals surface area contributed by atoms with Crippen LogP contribution >= 0.6 is 0 Å². The lowest BCUT2D eigenvalue weighted by atomic mass is 9.77. The normalized spacial score (nSPS) is 12.0. The van der Waals surface area contributed by atoms with Crippen molar-refractivity contribution in [2.75, 3.05) is 19.6 Å². The summed E-state index contributed by atoms with van der Waals surface area (Å²) in [6, 6.07) is 52.6. The number of nitrogens with one attached hydrogen (secondary N) is 6. The fourth-order valence-electron chi connectivity index (χ4n) is 7.82. The summed E-state index contributed by atoms with van der Waals surface area (Å²) in [5.41, 5.74) is 8.26. The number of hydrogen-bond acceptors (Lipinski definition) is 8. The molecule has 0 aliphatic rings. The molecule has 0 unspecified atom stereocenters. The van der Waals surface area contributed by atoms with E-state index in [1.165, 1.54) is 0 Å². The van der Waals surface area contributed by atoms with Crippen molar-refractivity contribution in [1.82, 2.24) is 31.9 Å². The minimum Gasteiger partial charge on any atom is -0.480 e. The number of carbonyl (C=O) groups excluding carboxylic acids is 6. The van der Waals surface area contributed by atoms with Crippen LogP contribution in [0.15, 0.2) is 182 Å². The number of rotatable bonds is 21. The monoisotopic (exact) mass is 901 g/mol. The zero-order chi connectivity index (χ0) is 47.7. The second kappa shape index (κ2) is 23.0. The molecule has 0 saturated carbocycles. The summed E-state index contributed by atoms with van der Waals surface area (Å²) in [5, 5.41) is 24.5. The Morgan fingerprint density at radius 3 is 1.03 bits per heavy atom. The average Bonchev–Trinajstić information content (AvgIpc) is 3.36. The molecule has 15 heteroatoms. The quantitative estimate of drug-likeness (QED) is 0.0495. The second-order valence-electron chi connectivity index (χ2n) is 15.5. The molecule has 0 aliphatic heterocycles. The molecule has 0 fully saturated rings. The number of carboxylic acid groups (broad SMARTS) is 1. The standard InChI is InChI=1S/C52H51N7O8/c53-42(31-44(60)58-51(36-19-7-1-8-20-36,37-21-9-2-10-22-37)38-23-11-3-12-24-38)49(66)57-43(50(67)56-34-47(63)54-33-46(62)55-35-48(64)65)32-45(61)59-52(39-25-13-4-14-26-39,40-27-15-5-16-28-40)41-29-17-6-18-30-41/h1-30,42-43H,31-35,53H2,(H,54,63)(H,55,62)(H,56,67)(H,57,66)(H,58,60)(H,59,61)(H,64,65)/t42-,43-/m1/s1. The van der Waals surface area contributed by atoms with Crippen molar-refractivity contribution in [3.8, 4) is 0 Å². The Hall–Kier alpha value is -8.43. The molecule has 6 aromatic carbocycles. The fraction of sp³-hybridized carbons (Fsp3) is 0.173. The highest BCUT2D eigenvalue weighted by atomic mass is 16.4. The van der Waals surface area contributed by atoms with Gasteiger partial charge in [0.25, 0.3) is 0 Å². The van der Waals surface area contributed by atoms with Crippen LogP contribution < -0.4 is 37.6 Å². The van der Waals surface area contributed by atoms with E-state index in [4.69, 9.17) is 10.8 Å². The molecule has 0 saturated heterocycles. The lowest BCUT2D eigenvalue weighted by Gasteiger charge is -2.37. The number of nitrogens with two attached hydrogens (primary N) is 1. The van der Waals surface area contributed by atoms with E-state index in [1.54, 1.807) is 0 Å². The van der Waals surface area contributed by atoms with Crippen molar-refractivity contribution < 1.29 is 38.7 Å².